The summed E-state index contributed by atoms with van der Waals surface area (Å²) >= 11 is 0. The summed E-state index contributed by atoms with van der Waals surface area (Å²) in [5.74, 6) is -0.668. The Hall–Kier alpha value is -1.70. The van der Waals surface area contributed by atoms with Crippen LogP contribution in [0.4, 0.5) is 14.8 Å². The average molecular weight is 250 g/mol. The lowest BCUT2D eigenvalue weighted by atomic mass is 10.4. The van der Waals surface area contributed by atoms with E-state index in [4.69, 9.17) is 9.52 Å². The standard InChI is InChI=1S/C9H12F2N2O4/c1-2-16-8(15)5-4-17-9(13-5)12-3-6(14)7(10)11/h4,6-7,14H,2-3H2,1H3,(H,12,13). The lowest BCUT2D eigenvalue weighted by molar-refractivity contribution is 0.00360. The maximum absolute atomic E-state index is 11.9. The smallest absolute Gasteiger partial charge is 0.360 e. The Morgan fingerprint density at radius 2 is 2.41 bits per heavy atom. The van der Waals surface area contributed by atoms with Crippen LogP contribution in [0.25, 0.3) is 0 Å². The summed E-state index contributed by atoms with van der Waals surface area (Å²) in [5.41, 5.74) is -0.0686. The highest BCUT2D eigenvalue weighted by Gasteiger charge is 2.18. The van der Waals surface area contributed by atoms with Crippen molar-refractivity contribution in [3.8, 4) is 0 Å². The maximum Gasteiger partial charge on any atom is 0.360 e. The van der Waals surface area contributed by atoms with Gasteiger partial charge >= 0.3 is 5.97 Å². The molecule has 6 nitrogen and oxygen atoms in total. The Morgan fingerprint density at radius 3 is 3.00 bits per heavy atom. The van der Waals surface area contributed by atoms with Gasteiger partial charge in [0, 0.05) is 0 Å². The molecule has 0 aliphatic heterocycles. The van der Waals surface area contributed by atoms with Crippen molar-refractivity contribution in [2.75, 3.05) is 18.5 Å². The van der Waals surface area contributed by atoms with Gasteiger partial charge in [0.2, 0.25) is 0 Å². The van der Waals surface area contributed by atoms with Crippen LogP contribution in [0.2, 0.25) is 0 Å². The van der Waals surface area contributed by atoms with E-state index >= 15 is 0 Å². The number of hydrogen-bond acceptors (Lipinski definition) is 6. The van der Waals surface area contributed by atoms with Gasteiger partial charge in [-0.1, -0.05) is 0 Å². The molecule has 0 aliphatic rings. The molecule has 1 aromatic heterocycles. The van der Waals surface area contributed by atoms with Crippen LogP contribution in [0.3, 0.4) is 0 Å². The predicted octanol–water partition coefficient (Wildman–Crippen LogP) is 0.889. The summed E-state index contributed by atoms with van der Waals surface area (Å²) < 4.78 is 33.3. The third-order valence-corrected chi connectivity index (χ3v) is 1.74. The van der Waals surface area contributed by atoms with Gasteiger partial charge in [-0.05, 0) is 6.92 Å². The van der Waals surface area contributed by atoms with Crippen LogP contribution in [0.1, 0.15) is 17.4 Å². The minimum atomic E-state index is -2.86. The normalized spacial score (nSPS) is 12.5. The quantitative estimate of drug-likeness (QED) is 0.729. The van der Waals surface area contributed by atoms with Crippen molar-refractivity contribution in [1.29, 1.82) is 0 Å². The highest BCUT2D eigenvalue weighted by molar-refractivity contribution is 5.87. The lowest BCUT2D eigenvalue weighted by Gasteiger charge is -2.08. The largest absolute Gasteiger partial charge is 0.461 e. The molecule has 1 rings (SSSR count). The van der Waals surface area contributed by atoms with Crippen LogP contribution in [0.5, 0.6) is 0 Å². The molecule has 96 valence electrons. The van der Waals surface area contributed by atoms with Gasteiger partial charge in [-0.25, -0.2) is 13.6 Å². The molecule has 8 heteroatoms. The second-order valence-electron chi connectivity index (χ2n) is 3.04. The van der Waals surface area contributed by atoms with E-state index in [0.29, 0.717) is 0 Å². The van der Waals surface area contributed by atoms with E-state index in [1.807, 2.05) is 0 Å². The van der Waals surface area contributed by atoms with Crippen LogP contribution in [0, 0.1) is 0 Å². The second-order valence-corrected chi connectivity index (χ2v) is 3.04. The van der Waals surface area contributed by atoms with Gasteiger partial charge in [0.1, 0.15) is 12.4 Å². The van der Waals surface area contributed by atoms with E-state index in [2.05, 4.69) is 15.0 Å². The maximum atomic E-state index is 11.9. The van der Waals surface area contributed by atoms with E-state index in [1.165, 1.54) is 0 Å². The molecular weight excluding hydrogens is 238 g/mol. The van der Waals surface area contributed by atoms with Gasteiger partial charge in [-0.3, -0.25) is 0 Å². The molecule has 0 fully saturated rings. The van der Waals surface area contributed by atoms with Crippen LogP contribution in [0.15, 0.2) is 10.7 Å². The first-order valence-electron chi connectivity index (χ1n) is 4.87. The zero-order chi connectivity index (χ0) is 12.8. The van der Waals surface area contributed by atoms with Gasteiger partial charge < -0.3 is 19.6 Å². The van der Waals surface area contributed by atoms with Crippen LogP contribution in [-0.2, 0) is 4.74 Å². The van der Waals surface area contributed by atoms with Crippen LogP contribution < -0.4 is 5.32 Å². The number of rotatable bonds is 6. The fourth-order valence-electron chi connectivity index (χ4n) is 0.935. The van der Waals surface area contributed by atoms with Crippen molar-refractivity contribution in [2.24, 2.45) is 0 Å². The molecular formula is C9H12F2N2O4. The highest BCUT2D eigenvalue weighted by atomic mass is 19.3. The number of aliphatic hydroxyl groups excluding tert-OH is 1. The molecule has 0 radical (unpaired) electrons. The zero-order valence-electron chi connectivity index (χ0n) is 9.02. The molecule has 0 amide bonds. The summed E-state index contributed by atoms with van der Waals surface area (Å²) in [6.07, 6.45) is -3.65. The van der Waals surface area contributed by atoms with E-state index in [9.17, 15) is 13.6 Å². The molecule has 0 saturated carbocycles. The third-order valence-electron chi connectivity index (χ3n) is 1.74. The summed E-state index contributed by atoms with van der Waals surface area (Å²) in [5, 5.41) is 11.1. The number of esters is 1. The molecule has 0 saturated heterocycles. The number of nitrogens with one attached hydrogen (secondary N) is 1. The monoisotopic (exact) mass is 250 g/mol. The first-order valence-corrected chi connectivity index (χ1v) is 4.87. The second kappa shape index (κ2) is 6.14. The minimum Gasteiger partial charge on any atom is -0.461 e. The van der Waals surface area contributed by atoms with Gasteiger partial charge in [-0.2, -0.15) is 4.98 Å². The number of carbonyl (C=O) groups is 1. The summed E-state index contributed by atoms with van der Waals surface area (Å²) in [4.78, 5) is 14.8. The summed E-state index contributed by atoms with van der Waals surface area (Å²) in [6, 6.07) is -0.132. The van der Waals surface area contributed by atoms with Gasteiger partial charge in [0.05, 0.1) is 13.2 Å². The fraction of sp³-hybridized carbons (Fsp3) is 0.556. The van der Waals surface area contributed by atoms with E-state index in [-0.39, 0.29) is 18.3 Å². The Labute approximate surface area is 95.6 Å². The van der Waals surface area contributed by atoms with Crippen molar-refractivity contribution in [3.63, 3.8) is 0 Å². The molecule has 0 aliphatic carbocycles. The molecule has 17 heavy (non-hydrogen) atoms. The van der Waals surface area contributed by atoms with Crippen molar-refractivity contribution in [3.05, 3.63) is 12.0 Å². The molecule has 0 spiro atoms. The van der Waals surface area contributed by atoms with Crippen LogP contribution >= 0.6 is 0 Å². The highest BCUT2D eigenvalue weighted by Crippen LogP contribution is 2.09. The van der Waals surface area contributed by atoms with E-state index in [0.717, 1.165) is 6.26 Å². The van der Waals surface area contributed by atoms with Crippen molar-refractivity contribution >= 4 is 12.0 Å². The number of halogens is 2. The summed E-state index contributed by atoms with van der Waals surface area (Å²) in [6.45, 7) is 1.40. The van der Waals surface area contributed by atoms with Gasteiger partial charge in [-0.15, -0.1) is 0 Å². The zero-order valence-corrected chi connectivity index (χ0v) is 9.02. The lowest BCUT2D eigenvalue weighted by Crippen LogP contribution is -2.26. The molecule has 1 aromatic rings. The molecule has 1 atom stereocenters. The van der Waals surface area contributed by atoms with Crippen molar-refractivity contribution < 1.29 is 27.8 Å². The molecule has 0 bridgehead atoms. The molecule has 1 unspecified atom stereocenters. The number of ether oxygens (including phenoxy) is 1. The SMILES string of the molecule is CCOC(=O)c1coc(NCC(O)C(F)F)n1. The number of alkyl halides is 2. The Balaban J connectivity index is 2.48. The van der Waals surface area contributed by atoms with Crippen LogP contribution in [-0.4, -0.2) is 41.7 Å². The van der Waals surface area contributed by atoms with Gasteiger partial charge in [0.25, 0.3) is 12.4 Å². The fourth-order valence-corrected chi connectivity index (χ4v) is 0.935. The number of carbonyl (C=O) groups excluding carboxylic acids is 1. The van der Waals surface area contributed by atoms with E-state index in [1.54, 1.807) is 6.92 Å². The molecule has 0 aromatic carbocycles. The first-order chi connectivity index (χ1) is 8.04. The number of nitrogens with zero attached hydrogens (tertiary/aromatic N) is 1. The van der Waals surface area contributed by atoms with Crippen molar-refractivity contribution in [2.45, 2.75) is 19.5 Å². The van der Waals surface area contributed by atoms with Crippen molar-refractivity contribution in [1.82, 2.24) is 4.98 Å². The predicted molar refractivity (Wildman–Crippen MR) is 53.0 cm³/mol. The van der Waals surface area contributed by atoms with E-state index < -0.39 is 25.0 Å². The third kappa shape index (κ3) is 3.99. The Bertz CT molecular complexity index is 370. The first kappa shape index (κ1) is 13.4. The number of aromatic nitrogens is 1. The summed E-state index contributed by atoms with van der Waals surface area (Å²) in [7, 11) is 0. The number of oxazole rings is 1. The van der Waals surface area contributed by atoms with Gasteiger partial charge in [0.15, 0.2) is 5.69 Å². The topological polar surface area (TPSA) is 84.6 Å². The number of aliphatic hydroxyl groups is 1. The minimum absolute atomic E-state index is 0.0686. The molecule has 1 heterocycles. The Morgan fingerprint density at radius 1 is 1.71 bits per heavy atom. The number of hydrogen-bond donors (Lipinski definition) is 2. The Kier molecular flexibility index (Phi) is 4.83. The molecule has 2 N–H and O–H groups in total. The average Bonchev–Trinajstić information content (AvgIpc) is 2.74. The number of anilines is 1.